The topological polar surface area (TPSA) is 59.8 Å². The van der Waals surface area contributed by atoms with Crippen LogP contribution in [0.4, 0.5) is 0 Å². The molecular weight excluding hydrogens is 300 g/mol. The fourth-order valence-corrected chi connectivity index (χ4v) is 2.69. The third kappa shape index (κ3) is 3.06. The maximum absolute atomic E-state index is 12.6. The SMILES string of the molecule is Cc1ccccc1-n1ncc(C(=O)NC(C)c2ccncc2)c1C. The van der Waals surface area contributed by atoms with Crippen molar-refractivity contribution in [3.8, 4) is 5.69 Å². The first-order valence-electron chi connectivity index (χ1n) is 7.89. The minimum absolute atomic E-state index is 0.0956. The molecule has 0 radical (unpaired) electrons. The van der Waals surface area contributed by atoms with Crippen LogP contribution in [0.15, 0.2) is 55.0 Å². The van der Waals surface area contributed by atoms with E-state index in [1.165, 1.54) is 0 Å². The Bertz CT molecular complexity index is 855. The lowest BCUT2D eigenvalue weighted by atomic mass is 10.1. The van der Waals surface area contributed by atoms with Crippen molar-refractivity contribution in [2.75, 3.05) is 0 Å². The Morgan fingerprint density at radius 2 is 1.83 bits per heavy atom. The van der Waals surface area contributed by atoms with Crippen LogP contribution in [0.5, 0.6) is 0 Å². The highest BCUT2D eigenvalue weighted by Gasteiger charge is 2.18. The molecule has 0 aliphatic rings. The van der Waals surface area contributed by atoms with E-state index in [4.69, 9.17) is 0 Å². The van der Waals surface area contributed by atoms with E-state index in [1.54, 1.807) is 23.3 Å². The lowest BCUT2D eigenvalue weighted by Crippen LogP contribution is -2.27. The maximum atomic E-state index is 12.6. The van der Waals surface area contributed by atoms with Crippen molar-refractivity contribution in [2.45, 2.75) is 26.8 Å². The molecule has 0 saturated heterocycles. The van der Waals surface area contributed by atoms with E-state index in [9.17, 15) is 4.79 Å². The third-order valence-corrected chi connectivity index (χ3v) is 4.15. The molecule has 2 aromatic heterocycles. The minimum Gasteiger partial charge on any atom is -0.345 e. The highest BCUT2D eigenvalue weighted by Crippen LogP contribution is 2.18. The molecule has 1 N–H and O–H groups in total. The highest BCUT2D eigenvalue weighted by atomic mass is 16.1. The molecule has 0 aliphatic heterocycles. The first-order chi connectivity index (χ1) is 11.6. The van der Waals surface area contributed by atoms with Crippen molar-refractivity contribution < 1.29 is 4.79 Å². The summed E-state index contributed by atoms with van der Waals surface area (Å²) in [6.07, 6.45) is 5.06. The summed E-state index contributed by atoms with van der Waals surface area (Å²) in [6, 6.07) is 11.7. The van der Waals surface area contributed by atoms with Gasteiger partial charge in [-0.1, -0.05) is 18.2 Å². The molecule has 1 amide bonds. The Labute approximate surface area is 141 Å². The number of carbonyl (C=O) groups is 1. The summed E-state index contributed by atoms with van der Waals surface area (Å²) in [7, 11) is 0. The Balaban J connectivity index is 1.83. The Kier molecular flexibility index (Phi) is 4.42. The second-order valence-corrected chi connectivity index (χ2v) is 5.82. The van der Waals surface area contributed by atoms with Gasteiger partial charge in [0.05, 0.1) is 29.2 Å². The molecule has 24 heavy (non-hydrogen) atoms. The largest absolute Gasteiger partial charge is 0.345 e. The van der Waals surface area contributed by atoms with Crippen molar-refractivity contribution in [1.82, 2.24) is 20.1 Å². The normalized spacial score (nSPS) is 12.0. The second kappa shape index (κ2) is 6.66. The van der Waals surface area contributed by atoms with E-state index in [0.29, 0.717) is 5.56 Å². The lowest BCUT2D eigenvalue weighted by molar-refractivity contribution is 0.0939. The smallest absolute Gasteiger partial charge is 0.255 e. The first kappa shape index (κ1) is 15.9. The zero-order valence-electron chi connectivity index (χ0n) is 14.0. The number of para-hydroxylation sites is 1. The van der Waals surface area contributed by atoms with Crippen molar-refractivity contribution in [2.24, 2.45) is 0 Å². The Hall–Kier alpha value is -2.95. The van der Waals surface area contributed by atoms with Gasteiger partial charge in [-0.3, -0.25) is 9.78 Å². The van der Waals surface area contributed by atoms with E-state index < -0.39 is 0 Å². The summed E-state index contributed by atoms with van der Waals surface area (Å²) in [5.41, 5.74) is 4.52. The highest BCUT2D eigenvalue weighted by molar-refractivity contribution is 5.95. The average Bonchev–Trinajstić information content (AvgIpc) is 2.97. The maximum Gasteiger partial charge on any atom is 0.255 e. The number of hydrogen-bond acceptors (Lipinski definition) is 3. The van der Waals surface area contributed by atoms with Gasteiger partial charge in [0.15, 0.2) is 0 Å². The van der Waals surface area contributed by atoms with Crippen molar-refractivity contribution in [3.05, 3.63) is 77.4 Å². The molecule has 0 fully saturated rings. The van der Waals surface area contributed by atoms with Crippen LogP contribution in [0.3, 0.4) is 0 Å². The van der Waals surface area contributed by atoms with Gasteiger partial charge in [0.1, 0.15) is 0 Å². The van der Waals surface area contributed by atoms with E-state index >= 15 is 0 Å². The number of carbonyl (C=O) groups excluding carboxylic acids is 1. The third-order valence-electron chi connectivity index (χ3n) is 4.15. The molecule has 2 heterocycles. The van der Waals surface area contributed by atoms with Gasteiger partial charge in [-0.25, -0.2) is 4.68 Å². The van der Waals surface area contributed by atoms with Gasteiger partial charge in [-0.15, -0.1) is 0 Å². The number of benzene rings is 1. The molecule has 122 valence electrons. The van der Waals surface area contributed by atoms with Crippen LogP contribution >= 0.6 is 0 Å². The van der Waals surface area contributed by atoms with Crippen molar-refractivity contribution in [1.29, 1.82) is 0 Å². The van der Waals surface area contributed by atoms with E-state index in [1.807, 2.05) is 57.2 Å². The van der Waals surface area contributed by atoms with E-state index in [2.05, 4.69) is 15.4 Å². The number of pyridine rings is 1. The molecule has 1 atom stereocenters. The molecule has 1 aromatic carbocycles. The zero-order chi connectivity index (χ0) is 17.1. The molecule has 3 aromatic rings. The summed E-state index contributed by atoms with van der Waals surface area (Å²) in [5.74, 6) is -0.128. The Morgan fingerprint density at radius 1 is 1.12 bits per heavy atom. The van der Waals surface area contributed by atoms with Gasteiger partial charge >= 0.3 is 0 Å². The van der Waals surface area contributed by atoms with Crippen LogP contribution in [0.1, 0.15) is 40.1 Å². The lowest BCUT2D eigenvalue weighted by Gasteiger charge is -2.14. The molecule has 0 spiro atoms. The summed E-state index contributed by atoms with van der Waals surface area (Å²) in [5, 5.41) is 7.41. The summed E-state index contributed by atoms with van der Waals surface area (Å²) >= 11 is 0. The number of aromatic nitrogens is 3. The molecule has 0 saturated carbocycles. The van der Waals surface area contributed by atoms with Crippen LogP contribution in [-0.4, -0.2) is 20.7 Å². The van der Waals surface area contributed by atoms with Crippen LogP contribution in [0, 0.1) is 13.8 Å². The predicted octanol–water partition coefficient (Wildman–Crippen LogP) is 3.38. The van der Waals surface area contributed by atoms with Gasteiger partial charge in [-0.05, 0) is 50.1 Å². The van der Waals surface area contributed by atoms with Crippen LogP contribution in [-0.2, 0) is 0 Å². The number of aryl methyl sites for hydroxylation is 1. The van der Waals surface area contributed by atoms with E-state index in [-0.39, 0.29) is 11.9 Å². The average molecular weight is 320 g/mol. The molecule has 5 nitrogen and oxygen atoms in total. The summed E-state index contributed by atoms with van der Waals surface area (Å²) in [4.78, 5) is 16.6. The summed E-state index contributed by atoms with van der Waals surface area (Å²) in [6.45, 7) is 5.89. The molecule has 3 rings (SSSR count). The van der Waals surface area contributed by atoms with E-state index in [0.717, 1.165) is 22.5 Å². The molecule has 1 unspecified atom stereocenters. The number of nitrogens with one attached hydrogen (secondary N) is 1. The Morgan fingerprint density at radius 3 is 2.54 bits per heavy atom. The standard InChI is InChI=1S/C19H20N4O/c1-13-6-4-5-7-18(13)23-15(3)17(12-21-23)19(24)22-14(2)16-8-10-20-11-9-16/h4-12,14H,1-3H3,(H,22,24). The molecular formula is C19H20N4O. The number of hydrogen-bond donors (Lipinski definition) is 1. The van der Waals surface area contributed by atoms with Crippen LogP contribution in [0.25, 0.3) is 5.69 Å². The monoisotopic (exact) mass is 320 g/mol. The van der Waals surface area contributed by atoms with Crippen LogP contribution < -0.4 is 5.32 Å². The summed E-state index contributed by atoms with van der Waals surface area (Å²) < 4.78 is 1.81. The van der Waals surface area contributed by atoms with Gasteiger partial charge in [0, 0.05) is 12.4 Å². The number of nitrogens with zero attached hydrogens (tertiary/aromatic N) is 3. The quantitative estimate of drug-likeness (QED) is 0.802. The zero-order valence-corrected chi connectivity index (χ0v) is 14.0. The molecule has 5 heteroatoms. The van der Waals surface area contributed by atoms with Gasteiger partial charge in [-0.2, -0.15) is 5.10 Å². The molecule has 0 bridgehead atoms. The van der Waals surface area contributed by atoms with Gasteiger partial charge in [0.2, 0.25) is 0 Å². The van der Waals surface area contributed by atoms with Crippen LogP contribution in [0.2, 0.25) is 0 Å². The molecule has 0 aliphatic carbocycles. The van der Waals surface area contributed by atoms with Gasteiger partial charge in [0.25, 0.3) is 5.91 Å². The second-order valence-electron chi connectivity index (χ2n) is 5.82. The number of amides is 1. The fourth-order valence-electron chi connectivity index (χ4n) is 2.69. The predicted molar refractivity (Wildman–Crippen MR) is 93.2 cm³/mol. The first-order valence-corrected chi connectivity index (χ1v) is 7.89. The minimum atomic E-state index is -0.128. The number of rotatable bonds is 4. The van der Waals surface area contributed by atoms with Gasteiger partial charge < -0.3 is 5.32 Å². The van der Waals surface area contributed by atoms with Crippen molar-refractivity contribution >= 4 is 5.91 Å². The fraction of sp³-hybridized carbons (Fsp3) is 0.211. The van der Waals surface area contributed by atoms with Crippen molar-refractivity contribution in [3.63, 3.8) is 0 Å².